The molecule has 1 aromatic heterocycles. The number of aromatic nitrogens is 1. The molecule has 4 aliphatic rings. The standard InChI is InChI=1S/C39H47FN8O4/c1-3-17-46-27-37(51)47-34(22-29-9-13-32(49)14-10-29)39(52)45(26-35(47)48(46)36(50)16-11-28-7-5-4-6-8-28)23-30-12-15-33(40)38(41-30)44-24-31(25-44)43-20-18-42(2)19-21-43/h3-10,12-15,31,34-35,49H,1,11,16-27H2,2H3/t34-,35?/m0/s1. The van der Waals surface area contributed by atoms with Crippen molar-refractivity contribution in [1.29, 1.82) is 0 Å². The summed E-state index contributed by atoms with van der Waals surface area (Å²) in [7, 11) is 2.13. The van der Waals surface area contributed by atoms with Gasteiger partial charge < -0.3 is 24.7 Å². The van der Waals surface area contributed by atoms with Crippen molar-refractivity contribution >= 4 is 23.5 Å². The predicted octanol–water partition coefficient (Wildman–Crippen LogP) is 2.35. The molecule has 1 unspecified atom stereocenters. The van der Waals surface area contributed by atoms with E-state index in [1.165, 1.54) is 6.07 Å². The van der Waals surface area contributed by atoms with Gasteiger partial charge in [-0.25, -0.2) is 19.4 Å². The minimum absolute atomic E-state index is 0.0605. The van der Waals surface area contributed by atoms with Crippen LogP contribution in [0.15, 0.2) is 79.4 Å². The molecule has 4 saturated heterocycles. The Hall–Kier alpha value is -4.85. The molecular formula is C39H47FN8O4. The number of phenols is 1. The zero-order valence-electron chi connectivity index (χ0n) is 29.7. The second-order valence-electron chi connectivity index (χ2n) is 14.3. The topological polar surface area (TPSA) is 107 Å². The number of hydrazine groups is 1. The number of anilines is 1. The summed E-state index contributed by atoms with van der Waals surface area (Å²) in [5.74, 6) is -0.741. The van der Waals surface area contributed by atoms with Crippen LogP contribution in [0.1, 0.15) is 23.2 Å². The largest absolute Gasteiger partial charge is 0.508 e. The molecule has 3 amide bonds. The first-order valence-electron chi connectivity index (χ1n) is 18.1. The number of aromatic hydroxyl groups is 1. The van der Waals surface area contributed by atoms with Crippen LogP contribution in [0.4, 0.5) is 10.2 Å². The van der Waals surface area contributed by atoms with Crippen LogP contribution in [0, 0.1) is 5.82 Å². The van der Waals surface area contributed by atoms with Crippen LogP contribution >= 0.6 is 0 Å². The maximum absolute atomic E-state index is 15.2. The lowest BCUT2D eigenvalue weighted by Gasteiger charge is -2.55. The number of aryl methyl sites for hydroxylation is 1. The van der Waals surface area contributed by atoms with Gasteiger partial charge in [-0.3, -0.25) is 19.3 Å². The number of phenolic OH excluding ortho intramolecular Hbond substituents is 1. The molecule has 2 atom stereocenters. The summed E-state index contributed by atoms with van der Waals surface area (Å²) < 4.78 is 15.2. The highest BCUT2D eigenvalue weighted by atomic mass is 19.1. The fraction of sp³-hybridized carbons (Fsp3) is 0.436. The van der Waals surface area contributed by atoms with E-state index in [1.807, 2.05) is 35.2 Å². The number of piperazine rings is 2. The quantitative estimate of drug-likeness (QED) is 0.301. The summed E-state index contributed by atoms with van der Waals surface area (Å²) in [5.41, 5.74) is 2.31. The van der Waals surface area contributed by atoms with Gasteiger partial charge in [0.25, 0.3) is 0 Å². The van der Waals surface area contributed by atoms with Crippen LogP contribution in [-0.4, -0.2) is 142 Å². The lowest BCUT2D eigenvalue weighted by Crippen LogP contribution is -2.75. The van der Waals surface area contributed by atoms with E-state index in [0.29, 0.717) is 31.2 Å². The molecule has 3 aromatic rings. The van der Waals surface area contributed by atoms with E-state index in [-0.39, 0.29) is 68.3 Å². The molecule has 0 spiro atoms. The first kappa shape index (κ1) is 35.5. The van der Waals surface area contributed by atoms with Crippen LogP contribution in [0.2, 0.25) is 0 Å². The summed E-state index contributed by atoms with van der Waals surface area (Å²) in [5, 5.41) is 13.3. The number of hydrogen-bond acceptors (Lipinski definition) is 9. The minimum Gasteiger partial charge on any atom is -0.508 e. The van der Waals surface area contributed by atoms with Gasteiger partial charge in [-0.2, -0.15) is 0 Å². The Kier molecular flexibility index (Phi) is 10.5. The van der Waals surface area contributed by atoms with Crippen molar-refractivity contribution in [2.24, 2.45) is 0 Å². The van der Waals surface area contributed by atoms with Gasteiger partial charge in [0.15, 0.2) is 11.6 Å². The molecule has 2 aromatic carbocycles. The van der Waals surface area contributed by atoms with Crippen molar-refractivity contribution in [1.82, 2.24) is 34.6 Å². The van der Waals surface area contributed by atoms with E-state index in [4.69, 9.17) is 4.98 Å². The zero-order valence-corrected chi connectivity index (χ0v) is 29.7. The average molecular weight is 711 g/mol. The molecule has 274 valence electrons. The normalized spacial score (nSPS) is 22.0. The Morgan fingerprint density at radius 1 is 0.962 bits per heavy atom. The summed E-state index contributed by atoms with van der Waals surface area (Å²) >= 11 is 0. The Bertz CT molecular complexity index is 1760. The number of halogens is 1. The fourth-order valence-corrected chi connectivity index (χ4v) is 7.79. The number of carbonyl (C=O) groups is 3. The van der Waals surface area contributed by atoms with Gasteiger partial charge in [0.2, 0.25) is 17.7 Å². The van der Waals surface area contributed by atoms with Crippen molar-refractivity contribution in [3.05, 3.63) is 102 Å². The average Bonchev–Trinajstić information content (AvgIpc) is 3.12. The molecule has 7 rings (SSSR count). The van der Waals surface area contributed by atoms with Crippen LogP contribution in [0.25, 0.3) is 0 Å². The van der Waals surface area contributed by atoms with Crippen molar-refractivity contribution in [2.75, 3.05) is 70.9 Å². The summed E-state index contributed by atoms with van der Waals surface area (Å²) in [6, 6.07) is 18.8. The second kappa shape index (κ2) is 15.4. The summed E-state index contributed by atoms with van der Waals surface area (Å²) in [6.07, 6.45) is 1.81. The van der Waals surface area contributed by atoms with Crippen LogP contribution in [0.3, 0.4) is 0 Å². The van der Waals surface area contributed by atoms with Crippen molar-refractivity contribution < 1.29 is 23.9 Å². The number of rotatable bonds is 11. The van der Waals surface area contributed by atoms with Gasteiger partial charge in [-0.15, -0.1) is 6.58 Å². The van der Waals surface area contributed by atoms with E-state index in [9.17, 15) is 19.5 Å². The number of nitrogens with zero attached hydrogens (tertiary/aromatic N) is 8. The lowest BCUT2D eigenvalue weighted by molar-refractivity contribution is -0.205. The zero-order chi connectivity index (χ0) is 36.4. The van der Waals surface area contributed by atoms with E-state index in [0.717, 1.165) is 37.3 Å². The second-order valence-corrected chi connectivity index (χ2v) is 14.3. The molecule has 0 saturated carbocycles. The summed E-state index contributed by atoms with van der Waals surface area (Å²) in [6.45, 7) is 9.60. The van der Waals surface area contributed by atoms with E-state index in [1.54, 1.807) is 56.2 Å². The van der Waals surface area contributed by atoms with E-state index in [2.05, 4.69) is 23.4 Å². The number of fused-ring (bicyclic) bond motifs is 1. The molecule has 4 aliphatic heterocycles. The van der Waals surface area contributed by atoms with Gasteiger partial charge in [-0.05, 0) is 48.9 Å². The SMILES string of the molecule is C=CCN1CC(=O)N2C(CN(Cc3ccc(F)c(N4CC(N5CCN(C)CC5)C4)n3)C(=O)[C@@H]2Cc2ccc(O)cc2)N1C(=O)CCc1ccccc1. The maximum Gasteiger partial charge on any atom is 0.246 e. The van der Waals surface area contributed by atoms with E-state index >= 15 is 4.39 Å². The number of amides is 3. The van der Waals surface area contributed by atoms with Crippen LogP contribution in [-0.2, 0) is 33.8 Å². The number of carbonyl (C=O) groups excluding carboxylic acids is 3. The first-order valence-corrected chi connectivity index (χ1v) is 18.1. The lowest BCUT2D eigenvalue weighted by atomic mass is 9.98. The molecule has 0 radical (unpaired) electrons. The molecular weight excluding hydrogens is 663 g/mol. The third-order valence-corrected chi connectivity index (χ3v) is 10.7. The van der Waals surface area contributed by atoms with Gasteiger partial charge in [0, 0.05) is 64.7 Å². The van der Waals surface area contributed by atoms with Gasteiger partial charge in [-0.1, -0.05) is 48.5 Å². The van der Waals surface area contributed by atoms with Crippen molar-refractivity contribution in [3.8, 4) is 5.75 Å². The number of likely N-dealkylation sites (N-methyl/N-ethyl adjacent to an activating group) is 1. The monoisotopic (exact) mass is 710 g/mol. The smallest absolute Gasteiger partial charge is 0.246 e. The number of hydrogen-bond donors (Lipinski definition) is 1. The Morgan fingerprint density at radius 3 is 2.40 bits per heavy atom. The van der Waals surface area contributed by atoms with E-state index < -0.39 is 18.0 Å². The highest BCUT2D eigenvalue weighted by Crippen LogP contribution is 2.31. The minimum atomic E-state index is -0.911. The Labute approximate surface area is 304 Å². The number of pyridine rings is 1. The van der Waals surface area contributed by atoms with Gasteiger partial charge in [0.1, 0.15) is 18.0 Å². The molecule has 0 bridgehead atoms. The Balaban J connectivity index is 1.15. The fourth-order valence-electron chi connectivity index (χ4n) is 7.79. The first-order chi connectivity index (χ1) is 25.2. The molecule has 5 heterocycles. The van der Waals surface area contributed by atoms with Crippen LogP contribution in [0.5, 0.6) is 5.75 Å². The highest BCUT2D eigenvalue weighted by Gasteiger charge is 2.51. The molecule has 1 N–H and O–H groups in total. The predicted molar refractivity (Wildman–Crippen MR) is 194 cm³/mol. The molecule has 0 aliphatic carbocycles. The Morgan fingerprint density at radius 2 is 1.69 bits per heavy atom. The maximum atomic E-state index is 15.2. The molecule has 12 nitrogen and oxygen atoms in total. The van der Waals surface area contributed by atoms with Crippen LogP contribution < -0.4 is 4.90 Å². The molecule has 4 fully saturated rings. The highest BCUT2D eigenvalue weighted by molar-refractivity contribution is 5.92. The third kappa shape index (κ3) is 7.52. The number of benzene rings is 2. The van der Waals surface area contributed by atoms with Crippen molar-refractivity contribution in [2.45, 2.75) is 44.1 Å². The summed E-state index contributed by atoms with van der Waals surface area (Å²) in [4.78, 5) is 57.1. The molecule has 52 heavy (non-hydrogen) atoms. The van der Waals surface area contributed by atoms with Crippen molar-refractivity contribution in [3.63, 3.8) is 0 Å². The third-order valence-electron chi connectivity index (χ3n) is 10.7. The molecule has 13 heteroatoms. The van der Waals surface area contributed by atoms with Gasteiger partial charge in [0.05, 0.1) is 25.3 Å². The van der Waals surface area contributed by atoms with Gasteiger partial charge >= 0.3 is 0 Å².